The first-order valence-electron chi connectivity index (χ1n) is 8.87. The van der Waals surface area contributed by atoms with Crippen LogP contribution in [0.5, 0.6) is 5.75 Å². The van der Waals surface area contributed by atoms with Gasteiger partial charge in [-0.3, -0.25) is 4.79 Å². The minimum atomic E-state index is -3.90. The van der Waals surface area contributed by atoms with E-state index in [-0.39, 0.29) is 6.61 Å². The fraction of sp³-hybridized carbons (Fsp3) is 0.136. The smallest absolute Gasteiger partial charge is 0.185 e. The highest BCUT2D eigenvalue weighted by Gasteiger charge is 2.31. The summed E-state index contributed by atoms with van der Waals surface area (Å²) < 4.78 is 31.8. The molecule has 0 aliphatic rings. The molecule has 3 aromatic carbocycles. The standard InChI is InChI=1S/C22H17Cl3O4S/c23-17-5-1-15(2-6-17)22(16-3-7-18(24)8-4-16)30(27,28)14-20(26)13-29-21-11-9-19(25)10-12-21/h1-12,22H,13-14H2. The molecular weight excluding hydrogens is 467 g/mol. The van der Waals surface area contributed by atoms with Crippen molar-refractivity contribution in [3.63, 3.8) is 0 Å². The first-order valence-corrected chi connectivity index (χ1v) is 11.7. The molecule has 0 saturated heterocycles. The molecule has 3 rings (SSSR count). The third-order valence-electron chi connectivity index (χ3n) is 4.28. The number of sulfone groups is 1. The molecule has 0 N–H and O–H groups in total. The third kappa shape index (κ3) is 5.99. The molecule has 0 unspecified atom stereocenters. The molecule has 0 fully saturated rings. The quantitative estimate of drug-likeness (QED) is 0.406. The van der Waals surface area contributed by atoms with Gasteiger partial charge in [0, 0.05) is 15.1 Å². The van der Waals surface area contributed by atoms with Crippen LogP contribution >= 0.6 is 34.8 Å². The van der Waals surface area contributed by atoms with Crippen LogP contribution in [0.2, 0.25) is 15.1 Å². The van der Waals surface area contributed by atoms with Crippen molar-refractivity contribution in [2.45, 2.75) is 5.25 Å². The van der Waals surface area contributed by atoms with Crippen molar-refractivity contribution in [2.75, 3.05) is 12.4 Å². The minimum absolute atomic E-state index is 0.366. The fourth-order valence-electron chi connectivity index (χ4n) is 2.93. The normalized spacial score (nSPS) is 11.5. The summed E-state index contributed by atoms with van der Waals surface area (Å²) >= 11 is 17.7. The van der Waals surface area contributed by atoms with E-state index in [1.54, 1.807) is 72.8 Å². The average Bonchev–Trinajstić information content (AvgIpc) is 2.70. The topological polar surface area (TPSA) is 60.4 Å². The summed E-state index contributed by atoms with van der Waals surface area (Å²) in [5, 5.41) is 0.466. The van der Waals surface area contributed by atoms with Crippen LogP contribution in [0, 0.1) is 0 Å². The monoisotopic (exact) mass is 482 g/mol. The van der Waals surface area contributed by atoms with Gasteiger partial charge in [-0.05, 0) is 59.7 Å². The zero-order valence-corrected chi connectivity index (χ0v) is 18.7. The van der Waals surface area contributed by atoms with Gasteiger partial charge in [0.1, 0.15) is 23.4 Å². The second-order valence-electron chi connectivity index (χ2n) is 6.57. The van der Waals surface area contributed by atoms with Crippen molar-refractivity contribution < 1.29 is 17.9 Å². The largest absolute Gasteiger partial charge is 0.486 e. The van der Waals surface area contributed by atoms with E-state index in [0.717, 1.165) is 0 Å². The lowest BCUT2D eigenvalue weighted by Gasteiger charge is -2.19. The maximum absolute atomic E-state index is 13.2. The number of Topliss-reactive ketones (excluding diaryl/α,β-unsaturated/α-hetero) is 1. The lowest BCUT2D eigenvalue weighted by atomic mass is 10.0. The summed E-state index contributed by atoms with van der Waals surface area (Å²) in [7, 11) is -3.90. The zero-order valence-electron chi connectivity index (χ0n) is 15.6. The van der Waals surface area contributed by atoms with Gasteiger partial charge in [-0.25, -0.2) is 8.42 Å². The maximum atomic E-state index is 13.2. The Balaban J connectivity index is 1.82. The number of carbonyl (C=O) groups excluding carboxylic acids is 1. The zero-order chi connectivity index (χ0) is 21.7. The van der Waals surface area contributed by atoms with Crippen LogP contribution in [-0.2, 0) is 14.6 Å². The van der Waals surface area contributed by atoms with Crippen molar-refractivity contribution in [2.24, 2.45) is 0 Å². The van der Waals surface area contributed by atoms with Gasteiger partial charge < -0.3 is 4.74 Å². The Morgan fingerprint density at radius 3 is 1.57 bits per heavy atom. The third-order valence-corrected chi connectivity index (χ3v) is 7.02. The Kier molecular flexibility index (Phi) is 7.42. The van der Waals surface area contributed by atoms with Crippen LogP contribution in [0.1, 0.15) is 16.4 Å². The molecular formula is C22H17Cl3O4S. The highest BCUT2D eigenvalue weighted by atomic mass is 35.5. The molecule has 4 nitrogen and oxygen atoms in total. The van der Waals surface area contributed by atoms with Crippen LogP contribution < -0.4 is 4.74 Å². The lowest BCUT2D eigenvalue weighted by molar-refractivity contribution is -0.118. The first kappa shape index (κ1) is 22.6. The summed E-state index contributed by atoms with van der Waals surface area (Å²) in [5.41, 5.74) is 1.02. The van der Waals surface area contributed by atoms with Crippen molar-refractivity contribution in [3.8, 4) is 5.75 Å². The molecule has 0 saturated carbocycles. The summed E-state index contributed by atoms with van der Waals surface area (Å²) in [6.45, 7) is -0.366. The van der Waals surface area contributed by atoms with Gasteiger partial charge >= 0.3 is 0 Å². The van der Waals surface area contributed by atoms with Gasteiger partial charge in [0.05, 0.1) is 0 Å². The number of rotatable bonds is 8. The predicted octanol–water partition coefficient (Wildman–Crippen LogP) is 5.80. The van der Waals surface area contributed by atoms with Gasteiger partial charge in [0.15, 0.2) is 15.6 Å². The second-order valence-corrected chi connectivity index (χ2v) is 9.97. The summed E-state index contributed by atoms with van der Waals surface area (Å²) in [4.78, 5) is 12.4. The first-order chi connectivity index (χ1) is 14.2. The Labute approximate surface area is 190 Å². The molecule has 0 bridgehead atoms. The van der Waals surface area contributed by atoms with Crippen molar-refractivity contribution in [3.05, 3.63) is 99.0 Å². The van der Waals surface area contributed by atoms with Gasteiger partial charge in [0.2, 0.25) is 0 Å². The molecule has 0 aliphatic heterocycles. The lowest BCUT2D eigenvalue weighted by Crippen LogP contribution is -2.26. The van der Waals surface area contributed by atoms with Gasteiger partial charge in [-0.2, -0.15) is 0 Å². The summed E-state index contributed by atoms with van der Waals surface area (Å²) in [6, 6.07) is 19.4. The number of hydrogen-bond donors (Lipinski definition) is 0. The molecule has 0 spiro atoms. The fourth-order valence-corrected chi connectivity index (χ4v) is 5.15. The molecule has 0 aromatic heterocycles. The number of ketones is 1. The number of ether oxygens (including phenoxy) is 1. The number of carbonyl (C=O) groups is 1. The molecule has 8 heteroatoms. The van der Waals surface area contributed by atoms with Gasteiger partial charge in [-0.15, -0.1) is 0 Å². The van der Waals surface area contributed by atoms with E-state index < -0.39 is 26.6 Å². The predicted molar refractivity (Wildman–Crippen MR) is 120 cm³/mol. The average molecular weight is 484 g/mol. The number of halogens is 3. The van der Waals surface area contributed by atoms with E-state index >= 15 is 0 Å². The molecule has 0 aliphatic carbocycles. The van der Waals surface area contributed by atoms with Crippen LogP contribution in [0.3, 0.4) is 0 Å². The van der Waals surface area contributed by atoms with Gasteiger partial charge in [-0.1, -0.05) is 59.1 Å². The highest BCUT2D eigenvalue weighted by Crippen LogP contribution is 2.32. The molecule has 3 aromatic rings. The Hall–Kier alpha value is -2.05. The van der Waals surface area contributed by atoms with Crippen LogP contribution in [0.15, 0.2) is 72.8 Å². The molecule has 156 valence electrons. The Morgan fingerprint density at radius 1 is 0.733 bits per heavy atom. The highest BCUT2D eigenvalue weighted by molar-refractivity contribution is 7.92. The van der Waals surface area contributed by atoms with Crippen LogP contribution in [0.25, 0.3) is 0 Å². The van der Waals surface area contributed by atoms with Gasteiger partial charge in [0.25, 0.3) is 0 Å². The summed E-state index contributed by atoms with van der Waals surface area (Å²) in [6.07, 6.45) is 0. The Bertz CT molecular complexity index is 1070. The van der Waals surface area contributed by atoms with E-state index in [1.165, 1.54) is 0 Å². The Morgan fingerprint density at radius 2 is 1.13 bits per heavy atom. The van der Waals surface area contributed by atoms with Crippen molar-refractivity contribution in [1.29, 1.82) is 0 Å². The van der Waals surface area contributed by atoms with Crippen molar-refractivity contribution >= 4 is 50.4 Å². The molecule has 0 atom stereocenters. The van der Waals surface area contributed by atoms with Crippen LogP contribution in [-0.4, -0.2) is 26.6 Å². The summed E-state index contributed by atoms with van der Waals surface area (Å²) in [5.74, 6) is -0.800. The maximum Gasteiger partial charge on any atom is 0.185 e. The van der Waals surface area contributed by atoms with E-state index in [2.05, 4.69) is 0 Å². The molecule has 0 amide bonds. The van der Waals surface area contributed by atoms with E-state index in [1.807, 2.05) is 0 Å². The molecule has 0 radical (unpaired) electrons. The number of benzene rings is 3. The van der Waals surface area contributed by atoms with E-state index in [9.17, 15) is 13.2 Å². The molecule has 0 heterocycles. The van der Waals surface area contributed by atoms with E-state index in [4.69, 9.17) is 39.5 Å². The van der Waals surface area contributed by atoms with Crippen LogP contribution in [0.4, 0.5) is 0 Å². The minimum Gasteiger partial charge on any atom is -0.486 e. The SMILES string of the molecule is O=C(COc1ccc(Cl)cc1)CS(=O)(=O)C(c1ccc(Cl)cc1)c1ccc(Cl)cc1. The molecule has 30 heavy (non-hydrogen) atoms. The van der Waals surface area contributed by atoms with E-state index in [0.29, 0.717) is 31.9 Å². The second kappa shape index (κ2) is 9.84. The number of hydrogen-bond acceptors (Lipinski definition) is 4. The van der Waals surface area contributed by atoms with Crippen molar-refractivity contribution in [1.82, 2.24) is 0 Å².